The molecule has 4 heteroatoms. The second kappa shape index (κ2) is 5.11. The lowest BCUT2D eigenvalue weighted by Crippen LogP contribution is -2.36. The normalized spacial score (nSPS) is 17.4. The molecule has 1 heterocycles. The van der Waals surface area contributed by atoms with E-state index in [1.54, 1.807) is 11.3 Å². The van der Waals surface area contributed by atoms with Crippen molar-refractivity contribution >= 4 is 27.3 Å². The van der Waals surface area contributed by atoms with Crippen LogP contribution in [0.3, 0.4) is 0 Å². The lowest BCUT2D eigenvalue weighted by molar-refractivity contribution is -0.116. The van der Waals surface area contributed by atoms with E-state index in [9.17, 15) is 0 Å². The Labute approximate surface area is 119 Å². The molecule has 2 nitrogen and oxygen atoms in total. The molecule has 0 unspecified atom stereocenters. The summed E-state index contributed by atoms with van der Waals surface area (Å²) < 4.78 is 7.25. The molecule has 0 atom stereocenters. The van der Waals surface area contributed by atoms with E-state index in [-0.39, 0.29) is 5.60 Å². The van der Waals surface area contributed by atoms with Crippen molar-refractivity contribution in [1.82, 2.24) is 4.98 Å². The van der Waals surface area contributed by atoms with Gasteiger partial charge in [0.1, 0.15) is 10.6 Å². The summed E-state index contributed by atoms with van der Waals surface area (Å²) in [7, 11) is 0. The highest BCUT2D eigenvalue weighted by molar-refractivity contribution is 9.11. The highest BCUT2D eigenvalue weighted by atomic mass is 79.9. The molecule has 0 N–H and O–H groups in total. The van der Waals surface area contributed by atoms with Crippen molar-refractivity contribution in [2.75, 3.05) is 0 Å². The Bertz CT molecular complexity index is 522. The number of rotatable bonds is 4. The van der Waals surface area contributed by atoms with Crippen LogP contribution in [0.5, 0.6) is 0 Å². The molecule has 2 aromatic rings. The van der Waals surface area contributed by atoms with Crippen molar-refractivity contribution in [2.24, 2.45) is 0 Å². The minimum atomic E-state index is -0.132. The summed E-state index contributed by atoms with van der Waals surface area (Å²) >= 11 is 5.16. The first-order chi connectivity index (χ1) is 8.78. The minimum absolute atomic E-state index is 0.132. The van der Waals surface area contributed by atoms with Crippen LogP contribution < -0.4 is 0 Å². The van der Waals surface area contributed by atoms with Crippen LogP contribution >= 0.6 is 27.3 Å². The minimum Gasteiger partial charge on any atom is -0.363 e. The molecule has 1 fully saturated rings. The van der Waals surface area contributed by atoms with Crippen LogP contribution in [0.2, 0.25) is 0 Å². The van der Waals surface area contributed by atoms with E-state index in [0.29, 0.717) is 6.61 Å². The summed E-state index contributed by atoms with van der Waals surface area (Å²) in [5, 5.41) is 1.11. The van der Waals surface area contributed by atoms with Gasteiger partial charge < -0.3 is 4.74 Å². The number of hydrogen-bond acceptors (Lipinski definition) is 3. The number of benzene rings is 1. The van der Waals surface area contributed by atoms with Gasteiger partial charge in [-0.25, -0.2) is 4.98 Å². The van der Waals surface area contributed by atoms with Gasteiger partial charge in [0.05, 0.1) is 16.6 Å². The molecule has 3 rings (SSSR count). The van der Waals surface area contributed by atoms with Crippen molar-refractivity contribution in [3.05, 3.63) is 50.9 Å². The first-order valence-electron chi connectivity index (χ1n) is 6.08. The fraction of sp³-hybridized carbons (Fsp3) is 0.357. The molecule has 1 aliphatic rings. The Morgan fingerprint density at radius 3 is 2.61 bits per heavy atom. The summed E-state index contributed by atoms with van der Waals surface area (Å²) in [4.78, 5) is 4.47. The second-order valence-corrected chi connectivity index (χ2v) is 7.00. The van der Waals surface area contributed by atoms with Gasteiger partial charge in [0.15, 0.2) is 0 Å². The van der Waals surface area contributed by atoms with Crippen LogP contribution in [-0.2, 0) is 16.9 Å². The number of nitrogens with zero attached hydrogens (tertiary/aromatic N) is 1. The molecule has 94 valence electrons. The Kier molecular flexibility index (Phi) is 3.50. The van der Waals surface area contributed by atoms with Gasteiger partial charge >= 0.3 is 0 Å². The number of halogens is 1. The molecule has 1 saturated carbocycles. The van der Waals surface area contributed by atoms with Crippen molar-refractivity contribution in [1.29, 1.82) is 0 Å². The van der Waals surface area contributed by atoms with E-state index in [2.05, 4.69) is 33.0 Å². The topological polar surface area (TPSA) is 22.1 Å². The average Bonchev–Trinajstić information content (AvgIpc) is 2.76. The van der Waals surface area contributed by atoms with Gasteiger partial charge in [0.2, 0.25) is 0 Å². The van der Waals surface area contributed by atoms with Crippen molar-refractivity contribution in [3.8, 4) is 0 Å². The third kappa shape index (κ3) is 2.37. The highest BCUT2D eigenvalue weighted by Crippen LogP contribution is 2.47. The number of thiazole rings is 1. The largest absolute Gasteiger partial charge is 0.363 e. The summed E-state index contributed by atoms with van der Waals surface area (Å²) in [6.45, 7) is 0.665. The Hall–Kier alpha value is -0.710. The molecule has 0 saturated heterocycles. The van der Waals surface area contributed by atoms with Gasteiger partial charge in [-0.15, -0.1) is 11.3 Å². The summed E-state index contributed by atoms with van der Waals surface area (Å²) in [5.41, 5.74) is 1.09. The number of aromatic nitrogens is 1. The van der Waals surface area contributed by atoms with E-state index in [4.69, 9.17) is 4.74 Å². The van der Waals surface area contributed by atoms with Gasteiger partial charge in [-0.3, -0.25) is 0 Å². The van der Waals surface area contributed by atoms with Crippen LogP contribution in [0.15, 0.2) is 40.3 Å². The van der Waals surface area contributed by atoms with Gasteiger partial charge in [-0.1, -0.05) is 30.3 Å². The molecule has 0 bridgehead atoms. The Morgan fingerprint density at radius 1 is 1.28 bits per heavy atom. The number of hydrogen-bond donors (Lipinski definition) is 0. The highest BCUT2D eigenvalue weighted by Gasteiger charge is 2.42. The fourth-order valence-corrected chi connectivity index (χ4v) is 3.59. The fourth-order valence-electron chi connectivity index (χ4n) is 2.18. The van der Waals surface area contributed by atoms with Gasteiger partial charge in [0.25, 0.3) is 0 Å². The molecule has 0 aliphatic heterocycles. The third-order valence-corrected chi connectivity index (χ3v) is 5.05. The molecule has 0 radical (unpaired) electrons. The molecular formula is C14H14BrNOS. The lowest BCUT2D eigenvalue weighted by atomic mass is 9.80. The van der Waals surface area contributed by atoms with Crippen LogP contribution in [0.1, 0.15) is 29.8 Å². The first-order valence-corrected chi connectivity index (χ1v) is 7.69. The van der Waals surface area contributed by atoms with Gasteiger partial charge in [-0.05, 0) is 40.8 Å². The number of ether oxygens (including phenoxy) is 1. The smallest absolute Gasteiger partial charge is 0.126 e. The van der Waals surface area contributed by atoms with Crippen LogP contribution in [0.4, 0.5) is 0 Å². The zero-order valence-electron chi connectivity index (χ0n) is 9.93. The molecule has 1 aromatic carbocycles. The van der Waals surface area contributed by atoms with Crippen molar-refractivity contribution in [3.63, 3.8) is 0 Å². The molecule has 1 aliphatic carbocycles. The SMILES string of the molecule is Brc1cnc(C2(OCc3ccccc3)CCC2)s1. The van der Waals surface area contributed by atoms with E-state index in [1.165, 1.54) is 12.0 Å². The first kappa shape index (κ1) is 12.3. The van der Waals surface area contributed by atoms with Crippen molar-refractivity contribution < 1.29 is 4.74 Å². The summed E-state index contributed by atoms with van der Waals surface area (Å²) in [6, 6.07) is 10.3. The molecule has 0 spiro atoms. The van der Waals surface area contributed by atoms with E-state index >= 15 is 0 Å². The third-order valence-electron chi connectivity index (χ3n) is 3.39. The Balaban J connectivity index is 1.73. The predicted octanol–water partition coefficient (Wildman–Crippen LogP) is 4.50. The molecule has 0 amide bonds. The average molecular weight is 324 g/mol. The predicted molar refractivity (Wildman–Crippen MR) is 76.6 cm³/mol. The quantitative estimate of drug-likeness (QED) is 0.826. The standard InChI is InChI=1S/C14H14BrNOS/c15-12-9-16-13(18-12)14(7-4-8-14)17-10-11-5-2-1-3-6-11/h1-3,5-6,9H,4,7-8,10H2. The zero-order chi connectivity index (χ0) is 12.4. The molecule has 18 heavy (non-hydrogen) atoms. The summed E-state index contributed by atoms with van der Waals surface area (Å²) in [6.07, 6.45) is 5.26. The maximum Gasteiger partial charge on any atom is 0.126 e. The lowest BCUT2D eigenvalue weighted by Gasteiger charge is -2.39. The molecular weight excluding hydrogens is 310 g/mol. The zero-order valence-corrected chi connectivity index (χ0v) is 12.3. The van der Waals surface area contributed by atoms with Crippen LogP contribution in [-0.4, -0.2) is 4.98 Å². The monoisotopic (exact) mass is 323 g/mol. The summed E-state index contributed by atoms with van der Waals surface area (Å²) in [5.74, 6) is 0. The Morgan fingerprint density at radius 2 is 2.06 bits per heavy atom. The van der Waals surface area contributed by atoms with Crippen molar-refractivity contribution in [2.45, 2.75) is 31.5 Å². The van der Waals surface area contributed by atoms with Gasteiger partial charge in [-0.2, -0.15) is 0 Å². The maximum atomic E-state index is 6.18. The van der Waals surface area contributed by atoms with E-state index < -0.39 is 0 Å². The van der Waals surface area contributed by atoms with E-state index in [0.717, 1.165) is 21.6 Å². The van der Waals surface area contributed by atoms with E-state index in [1.807, 2.05) is 24.4 Å². The van der Waals surface area contributed by atoms with Crippen LogP contribution in [0, 0.1) is 0 Å². The van der Waals surface area contributed by atoms with Gasteiger partial charge in [0, 0.05) is 0 Å². The second-order valence-electron chi connectivity index (χ2n) is 4.59. The maximum absolute atomic E-state index is 6.18. The molecule has 1 aromatic heterocycles. The van der Waals surface area contributed by atoms with Crippen LogP contribution in [0.25, 0.3) is 0 Å².